The summed E-state index contributed by atoms with van der Waals surface area (Å²) in [6, 6.07) is 11.9. The molecule has 3 rings (SSSR count). The summed E-state index contributed by atoms with van der Waals surface area (Å²) in [6.07, 6.45) is 0. The minimum Gasteiger partial charge on any atom is -0.451 e. The molecule has 25 heavy (non-hydrogen) atoms. The van der Waals surface area contributed by atoms with Crippen LogP contribution in [-0.4, -0.2) is 11.8 Å². The van der Waals surface area contributed by atoms with Gasteiger partial charge in [-0.3, -0.25) is 25.2 Å². The molecule has 0 aliphatic carbocycles. The van der Waals surface area contributed by atoms with Crippen LogP contribution in [0.2, 0.25) is 10.0 Å². The van der Waals surface area contributed by atoms with Crippen LogP contribution in [-0.2, 0) is 0 Å². The molecule has 6 nitrogen and oxygen atoms in total. The van der Waals surface area contributed by atoms with Gasteiger partial charge < -0.3 is 4.42 Å². The van der Waals surface area contributed by atoms with Gasteiger partial charge in [-0.15, -0.1) is 0 Å². The zero-order valence-corrected chi connectivity index (χ0v) is 14.0. The van der Waals surface area contributed by atoms with Crippen LogP contribution in [0.3, 0.4) is 0 Å². The summed E-state index contributed by atoms with van der Waals surface area (Å²) in [5.41, 5.74) is 4.36. The highest BCUT2D eigenvalue weighted by Gasteiger charge is 2.15. The Morgan fingerprint density at radius 1 is 0.920 bits per heavy atom. The van der Waals surface area contributed by atoms with Gasteiger partial charge in [-0.1, -0.05) is 35.3 Å². The normalized spacial score (nSPS) is 10.5. The van der Waals surface area contributed by atoms with Gasteiger partial charge in [-0.25, -0.2) is 0 Å². The third-order valence-electron chi connectivity index (χ3n) is 3.32. The number of hydrogen-bond acceptors (Lipinski definition) is 4. The minimum atomic E-state index is -0.783. The average Bonchev–Trinajstić information content (AvgIpc) is 2.60. The molecule has 3 aromatic rings. The lowest BCUT2D eigenvalue weighted by Gasteiger charge is -2.08. The molecular weight excluding hydrogens is 367 g/mol. The number of hydrogen-bond donors (Lipinski definition) is 2. The van der Waals surface area contributed by atoms with Crippen molar-refractivity contribution in [2.75, 3.05) is 0 Å². The molecule has 126 valence electrons. The maximum Gasteiger partial charge on any atom is 0.305 e. The molecule has 0 bridgehead atoms. The predicted molar refractivity (Wildman–Crippen MR) is 93.9 cm³/mol. The van der Waals surface area contributed by atoms with Crippen LogP contribution >= 0.6 is 23.2 Å². The maximum atomic E-state index is 12.1. The fourth-order valence-electron chi connectivity index (χ4n) is 2.13. The van der Waals surface area contributed by atoms with Crippen molar-refractivity contribution < 1.29 is 14.0 Å². The Labute approximate surface area is 151 Å². The lowest BCUT2D eigenvalue weighted by molar-refractivity contribution is 0.0831. The number of hydrazine groups is 1. The average molecular weight is 377 g/mol. The molecule has 0 aliphatic heterocycles. The molecule has 1 aromatic heterocycles. The van der Waals surface area contributed by atoms with Crippen molar-refractivity contribution in [2.45, 2.75) is 0 Å². The molecule has 0 fully saturated rings. The highest BCUT2D eigenvalue weighted by Crippen LogP contribution is 2.17. The molecule has 0 spiro atoms. The smallest absolute Gasteiger partial charge is 0.305 e. The number of rotatable bonds is 2. The first kappa shape index (κ1) is 17.0. The van der Waals surface area contributed by atoms with Crippen LogP contribution in [0.15, 0.2) is 57.7 Å². The Kier molecular flexibility index (Phi) is 4.74. The summed E-state index contributed by atoms with van der Waals surface area (Å²) < 4.78 is 5.37. The summed E-state index contributed by atoms with van der Waals surface area (Å²) >= 11 is 11.7. The molecule has 2 aromatic carbocycles. The summed E-state index contributed by atoms with van der Waals surface area (Å²) in [5.74, 6) is -1.64. The van der Waals surface area contributed by atoms with Crippen LogP contribution in [0, 0.1) is 0 Å². The van der Waals surface area contributed by atoms with E-state index in [0.717, 1.165) is 6.07 Å². The monoisotopic (exact) mass is 376 g/mol. The number of halogens is 2. The number of amides is 2. The van der Waals surface area contributed by atoms with Crippen molar-refractivity contribution in [1.29, 1.82) is 0 Å². The molecule has 2 N–H and O–H groups in total. The van der Waals surface area contributed by atoms with Gasteiger partial charge in [0.05, 0.1) is 16.0 Å². The number of benzene rings is 2. The van der Waals surface area contributed by atoms with Gasteiger partial charge in [0.25, 0.3) is 5.91 Å². The Morgan fingerprint density at radius 2 is 1.64 bits per heavy atom. The lowest BCUT2D eigenvalue weighted by Crippen LogP contribution is -2.41. The van der Waals surface area contributed by atoms with E-state index >= 15 is 0 Å². The van der Waals surface area contributed by atoms with E-state index in [2.05, 4.69) is 10.9 Å². The minimum absolute atomic E-state index is 0.194. The molecule has 0 atom stereocenters. The SMILES string of the molecule is O=C(NNC(=O)c1ccccc1Cl)c1cc(=O)c2cc(Cl)ccc2o1. The Morgan fingerprint density at radius 3 is 2.40 bits per heavy atom. The van der Waals surface area contributed by atoms with Crippen LogP contribution in [0.4, 0.5) is 0 Å². The summed E-state index contributed by atoms with van der Waals surface area (Å²) in [7, 11) is 0. The number of nitrogens with one attached hydrogen (secondary N) is 2. The summed E-state index contributed by atoms with van der Waals surface area (Å²) in [4.78, 5) is 36.2. The van der Waals surface area contributed by atoms with E-state index in [1.807, 2.05) is 0 Å². The predicted octanol–water partition coefficient (Wildman–Crippen LogP) is 3.17. The third kappa shape index (κ3) is 3.65. The molecule has 2 amide bonds. The second-order valence-corrected chi connectivity index (χ2v) is 5.85. The van der Waals surface area contributed by atoms with Crippen molar-refractivity contribution in [3.63, 3.8) is 0 Å². The van der Waals surface area contributed by atoms with E-state index in [1.165, 1.54) is 24.3 Å². The van der Waals surface area contributed by atoms with Crippen LogP contribution in [0.5, 0.6) is 0 Å². The zero-order chi connectivity index (χ0) is 18.0. The Hall–Kier alpha value is -2.83. The van der Waals surface area contributed by atoms with E-state index in [4.69, 9.17) is 27.6 Å². The van der Waals surface area contributed by atoms with Crippen LogP contribution in [0.25, 0.3) is 11.0 Å². The first-order valence-corrected chi connectivity index (χ1v) is 7.80. The van der Waals surface area contributed by atoms with Crippen molar-refractivity contribution >= 4 is 46.0 Å². The van der Waals surface area contributed by atoms with Gasteiger partial charge in [0.15, 0.2) is 11.2 Å². The maximum absolute atomic E-state index is 12.1. The molecule has 1 heterocycles. The standard InChI is InChI=1S/C17H10Cl2N2O4/c18-9-5-6-14-11(7-9)13(22)8-15(25-14)17(24)21-20-16(23)10-3-1-2-4-12(10)19/h1-8H,(H,20,23)(H,21,24). The topological polar surface area (TPSA) is 88.4 Å². The first-order chi connectivity index (χ1) is 12.0. The fraction of sp³-hybridized carbons (Fsp3) is 0. The first-order valence-electron chi connectivity index (χ1n) is 7.04. The van der Waals surface area contributed by atoms with Crippen LogP contribution < -0.4 is 16.3 Å². The molecule has 0 unspecified atom stereocenters. The molecule has 8 heteroatoms. The third-order valence-corrected chi connectivity index (χ3v) is 3.89. The van der Waals surface area contributed by atoms with E-state index in [1.54, 1.807) is 18.2 Å². The quantitative estimate of drug-likeness (QED) is 0.672. The molecule has 0 aliphatic rings. The zero-order valence-electron chi connectivity index (χ0n) is 12.5. The van der Waals surface area contributed by atoms with Crippen molar-refractivity contribution in [3.8, 4) is 0 Å². The molecule has 0 saturated heterocycles. The van der Waals surface area contributed by atoms with E-state index in [9.17, 15) is 14.4 Å². The molecular formula is C17H10Cl2N2O4. The highest BCUT2D eigenvalue weighted by molar-refractivity contribution is 6.33. The highest BCUT2D eigenvalue weighted by atomic mass is 35.5. The number of carbonyl (C=O) groups is 2. The largest absolute Gasteiger partial charge is 0.451 e. The lowest BCUT2D eigenvalue weighted by atomic mass is 10.2. The second-order valence-electron chi connectivity index (χ2n) is 5.00. The van der Waals surface area contributed by atoms with Gasteiger partial charge in [0.2, 0.25) is 0 Å². The Balaban J connectivity index is 1.79. The van der Waals surface area contributed by atoms with E-state index in [0.29, 0.717) is 5.02 Å². The van der Waals surface area contributed by atoms with Crippen molar-refractivity contribution in [2.24, 2.45) is 0 Å². The number of carbonyl (C=O) groups excluding carboxylic acids is 2. The Bertz CT molecular complexity index is 1050. The summed E-state index contributed by atoms with van der Waals surface area (Å²) in [6.45, 7) is 0. The van der Waals surface area contributed by atoms with Crippen molar-refractivity contribution in [1.82, 2.24) is 10.9 Å². The molecule has 0 saturated carbocycles. The van der Waals surface area contributed by atoms with Crippen LogP contribution in [0.1, 0.15) is 20.9 Å². The molecule has 0 radical (unpaired) electrons. The summed E-state index contributed by atoms with van der Waals surface area (Å²) in [5, 5.41) is 0.872. The number of fused-ring (bicyclic) bond motifs is 1. The van der Waals surface area contributed by atoms with E-state index < -0.39 is 17.2 Å². The van der Waals surface area contributed by atoms with Gasteiger partial charge in [0.1, 0.15) is 5.58 Å². The van der Waals surface area contributed by atoms with Gasteiger partial charge in [-0.05, 0) is 30.3 Å². The second kappa shape index (κ2) is 6.96. The van der Waals surface area contributed by atoms with Gasteiger partial charge >= 0.3 is 5.91 Å². The van der Waals surface area contributed by atoms with Gasteiger partial charge in [-0.2, -0.15) is 0 Å². The van der Waals surface area contributed by atoms with Crippen molar-refractivity contribution in [3.05, 3.63) is 80.1 Å². The van der Waals surface area contributed by atoms with Gasteiger partial charge in [0, 0.05) is 11.1 Å². The fourth-order valence-corrected chi connectivity index (χ4v) is 2.52. The van der Waals surface area contributed by atoms with E-state index in [-0.39, 0.29) is 27.3 Å².